The topological polar surface area (TPSA) is 62.7 Å². The molecule has 0 atom stereocenters. The van der Waals surface area contributed by atoms with Crippen LogP contribution in [0.2, 0.25) is 0 Å². The van der Waals surface area contributed by atoms with Crippen LogP contribution in [0.1, 0.15) is 16.1 Å². The number of likely N-dealkylation sites (tertiary alicyclic amines) is 1. The normalized spacial score (nSPS) is 15.2. The van der Waals surface area contributed by atoms with Crippen LogP contribution in [0.15, 0.2) is 24.3 Å². The SMILES string of the molecule is COc1ccc2cc(C(=O)N3CC(O)C3)c(C)nc2c1. The van der Waals surface area contributed by atoms with Crippen molar-refractivity contribution >= 4 is 16.8 Å². The van der Waals surface area contributed by atoms with Crippen molar-refractivity contribution in [2.75, 3.05) is 20.2 Å². The van der Waals surface area contributed by atoms with Crippen LogP contribution >= 0.6 is 0 Å². The standard InChI is InChI=1S/C15H16N2O3/c1-9-13(15(19)17-7-11(18)8-17)5-10-3-4-12(20-2)6-14(10)16-9/h3-6,11,18H,7-8H2,1-2H3. The van der Waals surface area contributed by atoms with E-state index in [9.17, 15) is 9.90 Å². The van der Waals surface area contributed by atoms with Gasteiger partial charge in [-0.15, -0.1) is 0 Å². The molecule has 2 aromatic rings. The average Bonchev–Trinajstić information content (AvgIpc) is 2.41. The monoisotopic (exact) mass is 272 g/mol. The molecule has 0 bridgehead atoms. The maximum atomic E-state index is 12.3. The van der Waals surface area contributed by atoms with E-state index in [-0.39, 0.29) is 5.91 Å². The van der Waals surface area contributed by atoms with E-state index in [4.69, 9.17) is 4.74 Å². The van der Waals surface area contributed by atoms with Crippen molar-refractivity contribution in [3.8, 4) is 5.75 Å². The van der Waals surface area contributed by atoms with Crippen molar-refractivity contribution in [2.45, 2.75) is 13.0 Å². The maximum Gasteiger partial charge on any atom is 0.255 e. The minimum atomic E-state index is -0.392. The number of methoxy groups -OCH3 is 1. The van der Waals surface area contributed by atoms with Gasteiger partial charge in [-0.05, 0) is 25.1 Å². The first-order chi connectivity index (χ1) is 9.58. The van der Waals surface area contributed by atoms with E-state index in [1.54, 1.807) is 12.0 Å². The van der Waals surface area contributed by atoms with Crippen molar-refractivity contribution in [3.05, 3.63) is 35.5 Å². The van der Waals surface area contributed by atoms with Gasteiger partial charge in [0.1, 0.15) is 5.75 Å². The summed E-state index contributed by atoms with van der Waals surface area (Å²) in [5.74, 6) is 0.673. The number of nitrogens with zero attached hydrogens (tertiary/aromatic N) is 2. The van der Waals surface area contributed by atoms with E-state index < -0.39 is 6.10 Å². The smallest absolute Gasteiger partial charge is 0.255 e. The molecule has 1 aromatic carbocycles. The highest BCUT2D eigenvalue weighted by molar-refractivity contribution is 5.99. The van der Waals surface area contributed by atoms with Crippen molar-refractivity contribution in [2.24, 2.45) is 0 Å². The number of pyridine rings is 1. The number of benzene rings is 1. The minimum absolute atomic E-state index is 0.0713. The number of carbonyl (C=O) groups excluding carboxylic acids is 1. The molecule has 1 amide bonds. The number of fused-ring (bicyclic) bond motifs is 1. The Morgan fingerprint density at radius 3 is 2.80 bits per heavy atom. The molecular weight excluding hydrogens is 256 g/mol. The minimum Gasteiger partial charge on any atom is -0.497 e. The lowest BCUT2D eigenvalue weighted by molar-refractivity contribution is 0.00582. The number of hydrogen-bond donors (Lipinski definition) is 1. The molecule has 0 spiro atoms. The second-order valence-corrected chi connectivity index (χ2v) is 5.04. The number of aliphatic hydroxyl groups is 1. The number of rotatable bonds is 2. The number of aromatic nitrogens is 1. The predicted octanol–water partition coefficient (Wildman–Crippen LogP) is 1.37. The molecule has 1 aliphatic heterocycles. The summed E-state index contributed by atoms with van der Waals surface area (Å²) in [5, 5.41) is 10.2. The molecule has 1 aromatic heterocycles. The molecule has 0 radical (unpaired) electrons. The Hall–Kier alpha value is -2.14. The van der Waals surface area contributed by atoms with Gasteiger partial charge in [-0.3, -0.25) is 9.78 Å². The summed E-state index contributed by atoms with van der Waals surface area (Å²) < 4.78 is 5.17. The lowest BCUT2D eigenvalue weighted by atomic mass is 10.1. The van der Waals surface area contributed by atoms with Crippen LogP contribution in [0.3, 0.4) is 0 Å². The van der Waals surface area contributed by atoms with Crippen molar-refractivity contribution in [1.29, 1.82) is 0 Å². The number of hydrogen-bond acceptors (Lipinski definition) is 4. The van der Waals surface area contributed by atoms with Crippen molar-refractivity contribution < 1.29 is 14.6 Å². The van der Waals surface area contributed by atoms with Gasteiger partial charge in [-0.25, -0.2) is 0 Å². The molecule has 5 nitrogen and oxygen atoms in total. The quantitative estimate of drug-likeness (QED) is 0.897. The molecule has 20 heavy (non-hydrogen) atoms. The van der Waals surface area contributed by atoms with Crippen LogP contribution in [-0.4, -0.2) is 47.2 Å². The zero-order valence-corrected chi connectivity index (χ0v) is 11.5. The van der Waals surface area contributed by atoms with Crippen LogP contribution < -0.4 is 4.74 Å². The third-order valence-corrected chi connectivity index (χ3v) is 3.60. The molecule has 1 fully saturated rings. The van der Waals surface area contributed by atoms with Crippen molar-refractivity contribution in [1.82, 2.24) is 9.88 Å². The first-order valence-electron chi connectivity index (χ1n) is 6.51. The summed E-state index contributed by atoms with van der Waals surface area (Å²) in [6.45, 7) is 2.63. The Labute approximate surface area is 116 Å². The number of aryl methyl sites for hydroxylation is 1. The first kappa shape index (κ1) is 12.9. The fourth-order valence-corrected chi connectivity index (χ4v) is 2.38. The zero-order chi connectivity index (χ0) is 14.3. The molecule has 104 valence electrons. The Morgan fingerprint density at radius 1 is 1.40 bits per heavy atom. The summed E-state index contributed by atoms with van der Waals surface area (Å²) in [4.78, 5) is 18.4. The van der Waals surface area contributed by atoms with E-state index in [0.717, 1.165) is 16.7 Å². The summed E-state index contributed by atoms with van der Waals surface area (Å²) in [6.07, 6.45) is -0.392. The van der Waals surface area contributed by atoms with Crippen LogP contribution in [0, 0.1) is 6.92 Å². The highest BCUT2D eigenvalue weighted by Gasteiger charge is 2.30. The fourth-order valence-electron chi connectivity index (χ4n) is 2.38. The molecule has 0 unspecified atom stereocenters. The Balaban J connectivity index is 1.99. The molecule has 5 heteroatoms. The lowest BCUT2D eigenvalue weighted by Crippen LogP contribution is -2.53. The van der Waals surface area contributed by atoms with Crippen LogP contribution in [0.5, 0.6) is 5.75 Å². The maximum absolute atomic E-state index is 12.3. The molecule has 2 heterocycles. The predicted molar refractivity (Wildman–Crippen MR) is 74.9 cm³/mol. The second-order valence-electron chi connectivity index (χ2n) is 5.04. The number of aliphatic hydroxyl groups excluding tert-OH is 1. The number of β-amino-alcohol motifs (C(OH)–C–C–N with tert-alkyl or cyclic N) is 1. The third kappa shape index (κ3) is 2.10. The van der Waals surface area contributed by atoms with Gasteiger partial charge in [0.25, 0.3) is 5.91 Å². The average molecular weight is 272 g/mol. The fraction of sp³-hybridized carbons (Fsp3) is 0.333. The number of carbonyl (C=O) groups is 1. The van der Waals surface area contributed by atoms with Crippen LogP contribution in [0.25, 0.3) is 10.9 Å². The first-order valence-corrected chi connectivity index (χ1v) is 6.51. The van der Waals surface area contributed by atoms with Crippen LogP contribution in [-0.2, 0) is 0 Å². The number of ether oxygens (including phenoxy) is 1. The zero-order valence-electron chi connectivity index (χ0n) is 11.5. The van der Waals surface area contributed by atoms with Gasteiger partial charge in [-0.2, -0.15) is 0 Å². The molecule has 0 aliphatic carbocycles. The van der Waals surface area contributed by atoms with Gasteiger partial charge in [0.2, 0.25) is 0 Å². The van der Waals surface area contributed by atoms with Gasteiger partial charge < -0.3 is 14.7 Å². The van der Waals surface area contributed by atoms with E-state index in [1.807, 2.05) is 31.2 Å². The molecule has 0 saturated carbocycles. The number of amides is 1. The van der Waals surface area contributed by atoms with Gasteiger partial charge in [0.15, 0.2) is 0 Å². The summed E-state index contributed by atoms with van der Waals surface area (Å²) in [5.41, 5.74) is 2.09. The van der Waals surface area contributed by atoms with Gasteiger partial charge in [0, 0.05) is 24.5 Å². The Kier molecular flexibility index (Phi) is 3.06. The molecule has 1 aliphatic rings. The largest absolute Gasteiger partial charge is 0.497 e. The van der Waals surface area contributed by atoms with E-state index >= 15 is 0 Å². The molecule has 1 saturated heterocycles. The lowest BCUT2D eigenvalue weighted by Gasteiger charge is -2.36. The summed E-state index contributed by atoms with van der Waals surface area (Å²) in [6, 6.07) is 7.44. The van der Waals surface area contributed by atoms with Gasteiger partial charge in [-0.1, -0.05) is 0 Å². The summed E-state index contributed by atoms with van der Waals surface area (Å²) >= 11 is 0. The van der Waals surface area contributed by atoms with Gasteiger partial charge >= 0.3 is 0 Å². The highest BCUT2D eigenvalue weighted by Crippen LogP contribution is 2.23. The molecular formula is C15H16N2O3. The third-order valence-electron chi connectivity index (χ3n) is 3.60. The Bertz CT molecular complexity index is 678. The van der Waals surface area contributed by atoms with E-state index in [1.165, 1.54) is 0 Å². The van der Waals surface area contributed by atoms with Crippen molar-refractivity contribution in [3.63, 3.8) is 0 Å². The van der Waals surface area contributed by atoms with E-state index in [2.05, 4.69) is 4.98 Å². The molecule has 1 N–H and O–H groups in total. The van der Waals surface area contributed by atoms with Crippen LogP contribution in [0.4, 0.5) is 0 Å². The summed E-state index contributed by atoms with van der Waals surface area (Å²) in [7, 11) is 1.61. The second kappa shape index (κ2) is 4.76. The van der Waals surface area contributed by atoms with E-state index in [0.29, 0.717) is 24.3 Å². The molecule has 3 rings (SSSR count). The Morgan fingerprint density at radius 2 is 2.15 bits per heavy atom. The van der Waals surface area contributed by atoms with Gasteiger partial charge in [0.05, 0.1) is 30.0 Å². The highest BCUT2D eigenvalue weighted by atomic mass is 16.5.